The minimum absolute atomic E-state index is 0.206. The molecule has 0 bridgehead atoms. The number of aromatic nitrogens is 1. The predicted molar refractivity (Wildman–Crippen MR) is 135 cm³/mol. The Hall–Kier alpha value is -4.11. The molecule has 1 atom stereocenters. The van der Waals surface area contributed by atoms with E-state index in [-0.39, 0.29) is 18.5 Å². The monoisotopic (exact) mass is 524 g/mol. The lowest BCUT2D eigenvalue weighted by Gasteiger charge is -2.17. The number of carbonyl (C=O) groups excluding carboxylic acids is 1. The molecule has 1 aromatic heterocycles. The van der Waals surface area contributed by atoms with E-state index in [1.807, 2.05) is 37.3 Å². The van der Waals surface area contributed by atoms with Crippen molar-refractivity contribution < 1.29 is 31.9 Å². The summed E-state index contributed by atoms with van der Waals surface area (Å²) in [6, 6.07) is 17.1. The van der Waals surface area contributed by atoms with E-state index in [1.165, 1.54) is 7.11 Å². The molecular weight excluding hydrogens is 497 g/mol. The molecule has 9 heteroatoms. The molecule has 0 aliphatic heterocycles. The van der Waals surface area contributed by atoms with Gasteiger partial charge in [0.05, 0.1) is 19.4 Å². The second kappa shape index (κ2) is 12.4. The standard InChI is InChI=1S/C29H27F3N2O4/c1-18-26(34-28(38-18)20-6-4-3-5-7-20)12-13-37-22-10-8-19(9-11-22)14-27(29(35)36-2)33-17-23-24(31)15-21(30)16-25(23)32/h3-11,15-16,27,33H,12-14,17H2,1-2H3. The summed E-state index contributed by atoms with van der Waals surface area (Å²) in [4.78, 5) is 16.8. The molecule has 4 rings (SSSR count). The SMILES string of the molecule is COC(=O)C(Cc1ccc(OCCc2nc(-c3ccccc3)oc2C)cc1)NCc1c(F)cc(F)cc1F. The van der Waals surface area contributed by atoms with E-state index < -0.39 is 29.5 Å². The van der Waals surface area contributed by atoms with E-state index in [9.17, 15) is 18.0 Å². The number of halogens is 3. The first-order valence-corrected chi connectivity index (χ1v) is 12.0. The lowest BCUT2D eigenvalue weighted by molar-refractivity contribution is -0.143. The fourth-order valence-electron chi connectivity index (χ4n) is 3.93. The molecule has 0 fully saturated rings. The van der Waals surface area contributed by atoms with Crippen molar-refractivity contribution in [1.82, 2.24) is 10.3 Å². The van der Waals surface area contributed by atoms with Gasteiger partial charge in [-0.2, -0.15) is 0 Å². The van der Waals surface area contributed by atoms with Crippen LogP contribution in [0, 0.1) is 24.4 Å². The van der Waals surface area contributed by atoms with Crippen LogP contribution >= 0.6 is 0 Å². The number of hydrogen-bond donors (Lipinski definition) is 1. The lowest BCUT2D eigenvalue weighted by Crippen LogP contribution is -2.39. The van der Waals surface area contributed by atoms with Crippen molar-refractivity contribution >= 4 is 5.97 Å². The number of oxazole rings is 1. The van der Waals surface area contributed by atoms with Crippen LogP contribution in [0.5, 0.6) is 5.75 Å². The molecule has 0 amide bonds. The van der Waals surface area contributed by atoms with Crippen LogP contribution < -0.4 is 10.1 Å². The summed E-state index contributed by atoms with van der Waals surface area (Å²) < 4.78 is 57.6. The number of hydrogen-bond acceptors (Lipinski definition) is 6. The summed E-state index contributed by atoms with van der Waals surface area (Å²) in [6.07, 6.45) is 0.770. The van der Waals surface area contributed by atoms with Gasteiger partial charge in [0.15, 0.2) is 0 Å². The fourth-order valence-corrected chi connectivity index (χ4v) is 3.93. The van der Waals surface area contributed by atoms with Crippen LogP contribution in [0.3, 0.4) is 0 Å². The first kappa shape index (κ1) is 26.9. The van der Waals surface area contributed by atoms with Gasteiger partial charge in [-0.15, -0.1) is 0 Å². The minimum Gasteiger partial charge on any atom is -0.493 e. The molecule has 6 nitrogen and oxygen atoms in total. The number of rotatable bonds is 11. The second-order valence-corrected chi connectivity index (χ2v) is 8.64. The van der Waals surface area contributed by atoms with Crippen molar-refractivity contribution in [3.05, 3.63) is 107 Å². The predicted octanol–water partition coefficient (Wildman–Crippen LogP) is 5.56. The summed E-state index contributed by atoms with van der Waals surface area (Å²) in [5.41, 5.74) is 2.15. The van der Waals surface area contributed by atoms with Gasteiger partial charge in [-0.1, -0.05) is 30.3 Å². The topological polar surface area (TPSA) is 73.6 Å². The van der Waals surface area contributed by atoms with Gasteiger partial charge in [-0.3, -0.25) is 10.1 Å². The second-order valence-electron chi connectivity index (χ2n) is 8.64. The third-order valence-electron chi connectivity index (χ3n) is 6.00. The van der Waals surface area contributed by atoms with E-state index in [2.05, 4.69) is 10.3 Å². The molecule has 3 aromatic carbocycles. The molecular formula is C29H27F3N2O4. The number of esters is 1. The third kappa shape index (κ3) is 6.80. The first-order chi connectivity index (χ1) is 18.3. The quantitative estimate of drug-likeness (QED) is 0.259. The normalized spacial score (nSPS) is 11.8. The summed E-state index contributed by atoms with van der Waals surface area (Å²) in [5, 5.41) is 2.80. The number of ether oxygens (including phenoxy) is 2. The highest BCUT2D eigenvalue weighted by molar-refractivity contribution is 5.76. The summed E-state index contributed by atoms with van der Waals surface area (Å²) >= 11 is 0. The van der Waals surface area contributed by atoms with Crippen molar-refractivity contribution in [2.75, 3.05) is 13.7 Å². The third-order valence-corrected chi connectivity index (χ3v) is 6.00. The van der Waals surface area contributed by atoms with Gasteiger partial charge in [0.25, 0.3) is 0 Å². The molecule has 0 radical (unpaired) electrons. The molecule has 0 saturated carbocycles. The number of aryl methyl sites for hydroxylation is 1. The lowest BCUT2D eigenvalue weighted by atomic mass is 10.0. The molecule has 198 valence electrons. The first-order valence-electron chi connectivity index (χ1n) is 12.0. The number of carbonyl (C=O) groups is 1. The van der Waals surface area contributed by atoms with E-state index in [0.29, 0.717) is 36.8 Å². The Balaban J connectivity index is 1.32. The van der Waals surface area contributed by atoms with Crippen LogP contribution in [0.1, 0.15) is 22.6 Å². The van der Waals surface area contributed by atoms with E-state index in [4.69, 9.17) is 13.9 Å². The Morgan fingerprint density at radius 2 is 1.71 bits per heavy atom. The Bertz CT molecular complexity index is 1350. The summed E-state index contributed by atoms with van der Waals surface area (Å²) in [7, 11) is 1.23. The largest absolute Gasteiger partial charge is 0.493 e. The summed E-state index contributed by atoms with van der Waals surface area (Å²) in [6.45, 7) is 1.95. The number of methoxy groups -OCH3 is 1. The zero-order valence-electron chi connectivity index (χ0n) is 21.0. The number of benzene rings is 3. The van der Waals surface area contributed by atoms with Crippen LogP contribution in [0.25, 0.3) is 11.5 Å². The molecule has 1 heterocycles. The summed E-state index contributed by atoms with van der Waals surface area (Å²) in [5.74, 6) is -1.72. The molecule has 0 saturated heterocycles. The highest BCUT2D eigenvalue weighted by Crippen LogP contribution is 2.22. The van der Waals surface area contributed by atoms with E-state index >= 15 is 0 Å². The van der Waals surface area contributed by atoms with Crippen molar-refractivity contribution in [3.63, 3.8) is 0 Å². The molecule has 0 aliphatic carbocycles. The van der Waals surface area contributed by atoms with Gasteiger partial charge in [0.2, 0.25) is 5.89 Å². The Morgan fingerprint density at radius 3 is 2.37 bits per heavy atom. The van der Waals surface area contributed by atoms with Gasteiger partial charge in [-0.05, 0) is 43.2 Å². The van der Waals surface area contributed by atoms with Crippen LogP contribution in [0.2, 0.25) is 0 Å². The molecule has 0 aliphatic rings. The van der Waals surface area contributed by atoms with Gasteiger partial charge >= 0.3 is 5.97 Å². The maximum absolute atomic E-state index is 14.0. The van der Waals surface area contributed by atoms with Crippen molar-refractivity contribution in [3.8, 4) is 17.2 Å². The average molecular weight is 525 g/mol. The molecule has 38 heavy (non-hydrogen) atoms. The van der Waals surface area contributed by atoms with Gasteiger partial charge < -0.3 is 13.9 Å². The minimum atomic E-state index is -1.03. The zero-order chi connectivity index (χ0) is 27.1. The van der Waals surface area contributed by atoms with Gasteiger partial charge in [0.1, 0.15) is 35.0 Å². The van der Waals surface area contributed by atoms with Crippen LogP contribution in [-0.2, 0) is 28.9 Å². The van der Waals surface area contributed by atoms with Crippen LogP contribution in [0.15, 0.2) is 71.1 Å². The number of nitrogens with one attached hydrogen (secondary N) is 1. The number of nitrogens with zero attached hydrogens (tertiary/aromatic N) is 1. The maximum atomic E-state index is 14.0. The molecule has 4 aromatic rings. The highest BCUT2D eigenvalue weighted by atomic mass is 19.1. The average Bonchev–Trinajstić information content (AvgIpc) is 3.28. The van der Waals surface area contributed by atoms with E-state index in [0.717, 1.165) is 22.6 Å². The van der Waals surface area contributed by atoms with Crippen molar-refractivity contribution in [2.45, 2.75) is 32.4 Å². The Morgan fingerprint density at radius 1 is 1.03 bits per heavy atom. The molecule has 1 unspecified atom stereocenters. The van der Waals surface area contributed by atoms with E-state index in [1.54, 1.807) is 24.3 Å². The maximum Gasteiger partial charge on any atom is 0.323 e. The van der Waals surface area contributed by atoms with Crippen molar-refractivity contribution in [2.24, 2.45) is 0 Å². The smallest absolute Gasteiger partial charge is 0.323 e. The zero-order valence-corrected chi connectivity index (χ0v) is 21.0. The molecule has 1 N–H and O–H groups in total. The fraction of sp³-hybridized carbons (Fsp3) is 0.241. The van der Waals surface area contributed by atoms with Crippen LogP contribution in [-0.4, -0.2) is 30.7 Å². The Labute approximate surface area is 218 Å². The van der Waals surface area contributed by atoms with Gasteiger partial charge in [-0.25, -0.2) is 18.2 Å². The Kier molecular flexibility index (Phi) is 8.81. The van der Waals surface area contributed by atoms with Gasteiger partial charge in [0, 0.05) is 36.2 Å². The highest BCUT2D eigenvalue weighted by Gasteiger charge is 2.21. The molecule has 0 spiro atoms. The van der Waals surface area contributed by atoms with Crippen molar-refractivity contribution in [1.29, 1.82) is 0 Å². The van der Waals surface area contributed by atoms with Crippen LogP contribution in [0.4, 0.5) is 13.2 Å².